The van der Waals surface area contributed by atoms with Gasteiger partial charge < -0.3 is 9.52 Å². The molecule has 2 heterocycles. The molecule has 1 fully saturated rings. The van der Waals surface area contributed by atoms with Gasteiger partial charge in [-0.05, 0) is 37.6 Å². The van der Waals surface area contributed by atoms with Crippen molar-refractivity contribution in [1.29, 1.82) is 0 Å². The van der Waals surface area contributed by atoms with Crippen molar-refractivity contribution in [1.82, 2.24) is 4.90 Å². The van der Waals surface area contributed by atoms with Crippen molar-refractivity contribution in [2.45, 2.75) is 31.8 Å². The van der Waals surface area contributed by atoms with Crippen LogP contribution in [0.1, 0.15) is 24.8 Å². The van der Waals surface area contributed by atoms with Gasteiger partial charge in [0, 0.05) is 23.2 Å². The van der Waals surface area contributed by atoms with Gasteiger partial charge in [-0.15, -0.1) is 0 Å². The second kappa shape index (κ2) is 6.18. The monoisotopic (exact) mass is 307 g/mol. The predicted octanol–water partition coefficient (Wildman–Crippen LogP) is 2.79. The molecular weight excluding hydrogens is 290 g/mol. The van der Waals surface area contributed by atoms with Crippen LogP contribution in [0.15, 0.2) is 33.7 Å². The van der Waals surface area contributed by atoms with Crippen molar-refractivity contribution in [2.24, 2.45) is 0 Å². The van der Waals surface area contributed by atoms with Gasteiger partial charge in [-0.2, -0.15) is 0 Å². The van der Waals surface area contributed by atoms with E-state index in [1.54, 1.807) is 18.2 Å². The minimum absolute atomic E-state index is 0.0407. The lowest BCUT2D eigenvalue weighted by Crippen LogP contribution is -2.42. The number of hydrogen-bond acceptors (Lipinski definition) is 4. The van der Waals surface area contributed by atoms with E-state index < -0.39 is 0 Å². The van der Waals surface area contributed by atoms with Crippen LogP contribution in [0.2, 0.25) is 5.02 Å². The fraction of sp³-hybridized carbons (Fsp3) is 0.438. The van der Waals surface area contributed by atoms with Crippen LogP contribution in [-0.4, -0.2) is 29.2 Å². The fourth-order valence-electron chi connectivity index (χ4n) is 2.95. The van der Waals surface area contributed by atoms with Crippen molar-refractivity contribution < 1.29 is 9.52 Å². The van der Waals surface area contributed by atoms with Gasteiger partial charge in [0.15, 0.2) is 5.43 Å². The van der Waals surface area contributed by atoms with Crippen molar-refractivity contribution in [3.05, 3.63) is 45.3 Å². The van der Waals surface area contributed by atoms with Crippen LogP contribution < -0.4 is 5.43 Å². The molecular formula is C16H18ClNO3. The van der Waals surface area contributed by atoms with Gasteiger partial charge in [-0.1, -0.05) is 18.0 Å². The molecule has 5 heteroatoms. The van der Waals surface area contributed by atoms with Crippen LogP contribution in [0.4, 0.5) is 0 Å². The SMILES string of the molecule is O=c1c(CN2CCCCC2CO)coc2ccc(Cl)cc12. The van der Waals surface area contributed by atoms with E-state index in [0.717, 1.165) is 25.8 Å². The first kappa shape index (κ1) is 14.6. The van der Waals surface area contributed by atoms with E-state index in [2.05, 4.69) is 4.90 Å². The minimum atomic E-state index is -0.0407. The molecule has 4 nitrogen and oxygen atoms in total. The van der Waals surface area contributed by atoms with E-state index in [4.69, 9.17) is 16.0 Å². The third-order valence-corrected chi connectivity index (χ3v) is 4.37. The highest BCUT2D eigenvalue weighted by Crippen LogP contribution is 2.21. The number of halogens is 1. The van der Waals surface area contributed by atoms with Crippen LogP contribution in [0.25, 0.3) is 11.0 Å². The Morgan fingerprint density at radius 1 is 1.38 bits per heavy atom. The second-order valence-corrected chi connectivity index (χ2v) is 5.97. The summed E-state index contributed by atoms with van der Waals surface area (Å²) in [5.74, 6) is 0. The number of fused-ring (bicyclic) bond motifs is 1. The van der Waals surface area contributed by atoms with Crippen LogP contribution >= 0.6 is 11.6 Å². The lowest BCUT2D eigenvalue weighted by Gasteiger charge is -2.34. The average Bonchev–Trinajstić information content (AvgIpc) is 2.51. The Morgan fingerprint density at radius 3 is 3.05 bits per heavy atom. The average molecular weight is 308 g/mol. The van der Waals surface area contributed by atoms with Gasteiger partial charge in [0.05, 0.1) is 18.3 Å². The molecule has 112 valence electrons. The molecule has 0 bridgehead atoms. The molecule has 1 aromatic carbocycles. The Hall–Kier alpha value is -1.36. The number of aliphatic hydroxyl groups excluding tert-OH is 1. The Balaban J connectivity index is 1.93. The maximum absolute atomic E-state index is 12.5. The number of likely N-dealkylation sites (tertiary alicyclic amines) is 1. The summed E-state index contributed by atoms with van der Waals surface area (Å²) in [6.45, 7) is 1.54. The molecule has 0 saturated carbocycles. The second-order valence-electron chi connectivity index (χ2n) is 5.53. The van der Waals surface area contributed by atoms with Gasteiger partial charge in [-0.25, -0.2) is 0 Å². The Bertz CT molecular complexity index is 697. The van der Waals surface area contributed by atoms with Crippen molar-refractivity contribution in [2.75, 3.05) is 13.2 Å². The molecule has 1 N–H and O–H groups in total. The van der Waals surface area contributed by atoms with Crippen molar-refractivity contribution >= 4 is 22.6 Å². The molecule has 1 saturated heterocycles. The highest BCUT2D eigenvalue weighted by Gasteiger charge is 2.23. The highest BCUT2D eigenvalue weighted by atomic mass is 35.5. The van der Waals surface area contributed by atoms with Gasteiger partial charge >= 0.3 is 0 Å². The van der Waals surface area contributed by atoms with Gasteiger partial charge in [0.2, 0.25) is 0 Å². The first-order chi connectivity index (χ1) is 10.2. The largest absolute Gasteiger partial charge is 0.464 e. The number of nitrogens with zero attached hydrogens (tertiary/aromatic N) is 1. The lowest BCUT2D eigenvalue weighted by molar-refractivity contribution is 0.0835. The van der Waals surface area contributed by atoms with Gasteiger partial charge in [0.25, 0.3) is 0 Å². The molecule has 0 amide bonds. The summed E-state index contributed by atoms with van der Waals surface area (Å²) in [5, 5.41) is 10.5. The van der Waals surface area contributed by atoms with E-state index in [1.165, 1.54) is 6.26 Å². The maximum atomic E-state index is 12.5. The van der Waals surface area contributed by atoms with E-state index in [1.807, 2.05) is 0 Å². The third kappa shape index (κ3) is 2.98. The summed E-state index contributed by atoms with van der Waals surface area (Å²) in [7, 11) is 0. The molecule has 3 rings (SSSR count). The van der Waals surface area contributed by atoms with E-state index in [9.17, 15) is 9.90 Å². The summed E-state index contributed by atoms with van der Waals surface area (Å²) < 4.78 is 5.54. The number of rotatable bonds is 3. The van der Waals surface area contributed by atoms with E-state index in [-0.39, 0.29) is 18.1 Å². The summed E-state index contributed by atoms with van der Waals surface area (Å²) >= 11 is 5.96. The summed E-state index contributed by atoms with van der Waals surface area (Å²) in [6, 6.07) is 5.19. The molecule has 1 aliphatic rings. The lowest BCUT2D eigenvalue weighted by atomic mass is 10.0. The van der Waals surface area contributed by atoms with Crippen LogP contribution in [0, 0.1) is 0 Å². The quantitative estimate of drug-likeness (QED) is 0.947. The molecule has 0 spiro atoms. The summed E-state index contributed by atoms with van der Waals surface area (Å²) in [4.78, 5) is 14.7. The highest BCUT2D eigenvalue weighted by molar-refractivity contribution is 6.31. The molecule has 1 atom stereocenters. The minimum Gasteiger partial charge on any atom is -0.464 e. The number of piperidine rings is 1. The Kier molecular flexibility index (Phi) is 4.29. The molecule has 1 aliphatic heterocycles. The standard InChI is InChI=1S/C16H18ClNO3/c17-12-4-5-15-14(7-12)16(20)11(10-21-15)8-18-6-2-1-3-13(18)9-19/h4-5,7,10,13,19H,1-3,6,8-9H2. The third-order valence-electron chi connectivity index (χ3n) is 4.14. The molecule has 2 aromatic rings. The number of benzene rings is 1. The summed E-state index contributed by atoms with van der Waals surface area (Å²) in [5.41, 5.74) is 1.12. The molecule has 0 aliphatic carbocycles. The molecule has 21 heavy (non-hydrogen) atoms. The zero-order valence-corrected chi connectivity index (χ0v) is 12.5. The molecule has 1 unspecified atom stereocenters. The Labute approximate surface area is 127 Å². The number of aliphatic hydroxyl groups is 1. The van der Waals surface area contributed by atoms with Crippen LogP contribution in [0.5, 0.6) is 0 Å². The smallest absolute Gasteiger partial charge is 0.197 e. The predicted molar refractivity (Wildman–Crippen MR) is 82.6 cm³/mol. The first-order valence-corrected chi connectivity index (χ1v) is 7.61. The van der Waals surface area contributed by atoms with Crippen molar-refractivity contribution in [3.8, 4) is 0 Å². The van der Waals surface area contributed by atoms with Crippen LogP contribution in [-0.2, 0) is 6.54 Å². The van der Waals surface area contributed by atoms with Gasteiger partial charge in [-0.3, -0.25) is 9.69 Å². The molecule has 1 aromatic heterocycles. The number of hydrogen-bond donors (Lipinski definition) is 1. The zero-order valence-electron chi connectivity index (χ0n) is 11.7. The normalized spacial score (nSPS) is 20.0. The topological polar surface area (TPSA) is 53.7 Å². The summed E-state index contributed by atoms with van der Waals surface area (Å²) in [6.07, 6.45) is 4.73. The van der Waals surface area contributed by atoms with Crippen LogP contribution in [0.3, 0.4) is 0 Å². The van der Waals surface area contributed by atoms with E-state index >= 15 is 0 Å². The first-order valence-electron chi connectivity index (χ1n) is 7.24. The maximum Gasteiger partial charge on any atom is 0.197 e. The fourth-order valence-corrected chi connectivity index (χ4v) is 3.12. The zero-order chi connectivity index (χ0) is 14.8. The molecule has 0 radical (unpaired) electrons. The Morgan fingerprint density at radius 2 is 2.24 bits per heavy atom. The van der Waals surface area contributed by atoms with Crippen molar-refractivity contribution in [3.63, 3.8) is 0 Å². The van der Waals surface area contributed by atoms with Gasteiger partial charge in [0.1, 0.15) is 5.58 Å². The van der Waals surface area contributed by atoms with E-state index in [0.29, 0.717) is 28.1 Å².